The number of carboxylic acids is 1. The number of amides is 1. The highest BCUT2D eigenvalue weighted by Crippen LogP contribution is 2.20. The lowest BCUT2D eigenvalue weighted by Gasteiger charge is -2.23. The lowest BCUT2D eigenvalue weighted by molar-refractivity contribution is -0.384. The lowest BCUT2D eigenvalue weighted by atomic mass is 9.87. The molecule has 0 saturated heterocycles. The second kappa shape index (κ2) is 6.14. The first-order valence-corrected chi connectivity index (χ1v) is 6.06. The molecule has 1 atom stereocenters. The van der Waals surface area contributed by atoms with E-state index in [1.807, 2.05) is 0 Å². The lowest BCUT2D eigenvalue weighted by Crippen LogP contribution is -2.40. The Morgan fingerprint density at radius 3 is 2.60 bits per heavy atom. The van der Waals surface area contributed by atoms with Crippen molar-refractivity contribution < 1.29 is 19.6 Å². The van der Waals surface area contributed by atoms with Gasteiger partial charge in [-0.1, -0.05) is 13.0 Å². The molecule has 0 bridgehead atoms. The summed E-state index contributed by atoms with van der Waals surface area (Å²) in [7, 11) is 0. The first-order valence-electron chi connectivity index (χ1n) is 6.06. The minimum absolute atomic E-state index is 0.0413. The van der Waals surface area contributed by atoms with E-state index in [0.29, 0.717) is 6.42 Å². The van der Waals surface area contributed by atoms with Gasteiger partial charge in [0.2, 0.25) is 0 Å². The molecule has 7 heteroatoms. The molecule has 0 fully saturated rings. The number of aliphatic carboxylic acids is 1. The van der Waals surface area contributed by atoms with E-state index >= 15 is 0 Å². The molecule has 1 aromatic rings. The second-order valence-corrected chi connectivity index (χ2v) is 4.71. The van der Waals surface area contributed by atoms with Gasteiger partial charge in [0.25, 0.3) is 11.6 Å². The molecule has 1 amide bonds. The topological polar surface area (TPSA) is 110 Å². The standard InChI is InChI=1S/C13H16N2O5/c1-3-13(2,12(17)18)8-14-11(16)9-5-4-6-10(7-9)15(19)20/h4-7H,3,8H2,1-2H3,(H,14,16)(H,17,18). The van der Waals surface area contributed by atoms with E-state index in [2.05, 4.69) is 5.32 Å². The average Bonchev–Trinajstić information content (AvgIpc) is 2.44. The number of rotatable bonds is 6. The van der Waals surface area contributed by atoms with Crippen LogP contribution < -0.4 is 5.32 Å². The van der Waals surface area contributed by atoms with Crippen LogP contribution in [0.4, 0.5) is 5.69 Å². The van der Waals surface area contributed by atoms with Crippen molar-refractivity contribution in [2.45, 2.75) is 20.3 Å². The molecule has 0 radical (unpaired) electrons. The van der Waals surface area contributed by atoms with Crippen LogP contribution in [-0.4, -0.2) is 28.5 Å². The third kappa shape index (κ3) is 3.53. The van der Waals surface area contributed by atoms with Crippen LogP contribution in [0.25, 0.3) is 0 Å². The SMILES string of the molecule is CCC(C)(CNC(=O)c1cccc([N+](=O)[O-])c1)C(=O)O. The molecular formula is C13H16N2O5. The van der Waals surface area contributed by atoms with E-state index in [9.17, 15) is 19.7 Å². The van der Waals surface area contributed by atoms with Crippen LogP contribution in [0.3, 0.4) is 0 Å². The Hall–Kier alpha value is -2.44. The second-order valence-electron chi connectivity index (χ2n) is 4.71. The van der Waals surface area contributed by atoms with Gasteiger partial charge in [0, 0.05) is 24.2 Å². The van der Waals surface area contributed by atoms with Gasteiger partial charge < -0.3 is 10.4 Å². The number of nitrogens with one attached hydrogen (secondary N) is 1. The van der Waals surface area contributed by atoms with Crippen LogP contribution in [-0.2, 0) is 4.79 Å². The maximum Gasteiger partial charge on any atom is 0.311 e. The largest absolute Gasteiger partial charge is 0.481 e. The van der Waals surface area contributed by atoms with E-state index in [1.165, 1.54) is 25.1 Å². The van der Waals surface area contributed by atoms with E-state index < -0.39 is 22.2 Å². The fourth-order valence-corrected chi connectivity index (χ4v) is 1.49. The summed E-state index contributed by atoms with van der Waals surface area (Å²) < 4.78 is 0. The third-order valence-electron chi connectivity index (χ3n) is 3.25. The van der Waals surface area contributed by atoms with Crippen molar-refractivity contribution in [2.24, 2.45) is 5.41 Å². The van der Waals surface area contributed by atoms with Crippen LogP contribution in [0, 0.1) is 15.5 Å². The van der Waals surface area contributed by atoms with Gasteiger partial charge in [-0.2, -0.15) is 0 Å². The smallest absolute Gasteiger partial charge is 0.311 e. The summed E-state index contributed by atoms with van der Waals surface area (Å²) >= 11 is 0. The number of hydrogen-bond acceptors (Lipinski definition) is 4. The van der Waals surface area contributed by atoms with Crippen molar-refractivity contribution in [3.8, 4) is 0 Å². The van der Waals surface area contributed by atoms with E-state index in [-0.39, 0.29) is 17.8 Å². The van der Waals surface area contributed by atoms with E-state index in [0.717, 1.165) is 6.07 Å². The van der Waals surface area contributed by atoms with Crippen molar-refractivity contribution in [2.75, 3.05) is 6.54 Å². The molecule has 7 nitrogen and oxygen atoms in total. The van der Waals surface area contributed by atoms with Crippen LogP contribution in [0.1, 0.15) is 30.6 Å². The highest BCUT2D eigenvalue weighted by atomic mass is 16.6. The molecule has 0 heterocycles. The Bertz CT molecular complexity index is 543. The fraction of sp³-hybridized carbons (Fsp3) is 0.385. The molecule has 2 N–H and O–H groups in total. The van der Waals surface area contributed by atoms with Gasteiger partial charge >= 0.3 is 5.97 Å². The van der Waals surface area contributed by atoms with Crippen molar-refractivity contribution in [1.29, 1.82) is 0 Å². The summed E-state index contributed by atoms with van der Waals surface area (Å²) in [5.41, 5.74) is -1.12. The molecule has 1 unspecified atom stereocenters. The summed E-state index contributed by atoms with van der Waals surface area (Å²) in [6.45, 7) is 3.21. The number of benzene rings is 1. The summed E-state index contributed by atoms with van der Waals surface area (Å²) in [5.74, 6) is -1.53. The Morgan fingerprint density at radius 2 is 2.10 bits per heavy atom. The molecular weight excluding hydrogens is 264 g/mol. The molecule has 0 aliphatic rings. The quantitative estimate of drug-likeness (QED) is 0.610. The molecule has 108 valence electrons. The van der Waals surface area contributed by atoms with Crippen molar-refractivity contribution in [3.63, 3.8) is 0 Å². The van der Waals surface area contributed by atoms with Gasteiger partial charge in [0.05, 0.1) is 10.3 Å². The highest BCUT2D eigenvalue weighted by molar-refractivity contribution is 5.95. The zero-order valence-electron chi connectivity index (χ0n) is 11.3. The number of carboxylic acid groups (broad SMARTS) is 1. The molecule has 0 aliphatic heterocycles. The van der Waals surface area contributed by atoms with Crippen molar-refractivity contribution >= 4 is 17.6 Å². The maximum atomic E-state index is 11.9. The molecule has 0 spiro atoms. The number of carbonyl (C=O) groups is 2. The number of nitrogens with zero attached hydrogens (tertiary/aromatic N) is 1. The number of nitro groups is 1. The molecule has 1 rings (SSSR count). The zero-order chi connectivity index (χ0) is 15.3. The van der Waals surface area contributed by atoms with Crippen molar-refractivity contribution in [1.82, 2.24) is 5.32 Å². The third-order valence-corrected chi connectivity index (χ3v) is 3.25. The van der Waals surface area contributed by atoms with Gasteiger partial charge in [-0.05, 0) is 19.4 Å². The first-order chi connectivity index (χ1) is 9.30. The molecule has 0 aromatic heterocycles. The van der Waals surface area contributed by atoms with E-state index in [4.69, 9.17) is 5.11 Å². The van der Waals surface area contributed by atoms with E-state index in [1.54, 1.807) is 6.92 Å². The first kappa shape index (κ1) is 15.6. The van der Waals surface area contributed by atoms with Crippen LogP contribution in [0.15, 0.2) is 24.3 Å². The van der Waals surface area contributed by atoms with Gasteiger partial charge in [0.15, 0.2) is 0 Å². The van der Waals surface area contributed by atoms with Gasteiger partial charge in [-0.3, -0.25) is 19.7 Å². The molecule has 20 heavy (non-hydrogen) atoms. The summed E-state index contributed by atoms with van der Waals surface area (Å²) in [6.07, 6.45) is 0.359. The van der Waals surface area contributed by atoms with Gasteiger partial charge in [0.1, 0.15) is 0 Å². The fourth-order valence-electron chi connectivity index (χ4n) is 1.49. The Kier molecular flexibility index (Phi) is 4.79. The average molecular weight is 280 g/mol. The summed E-state index contributed by atoms with van der Waals surface area (Å²) in [6, 6.07) is 5.28. The molecule has 0 aliphatic carbocycles. The molecule has 1 aromatic carbocycles. The van der Waals surface area contributed by atoms with Gasteiger partial charge in [-0.25, -0.2) is 0 Å². The zero-order valence-corrected chi connectivity index (χ0v) is 11.3. The van der Waals surface area contributed by atoms with Crippen LogP contribution in [0.5, 0.6) is 0 Å². The Balaban J connectivity index is 2.79. The Labute approximate surface area is 115 Å². The number of nitro benzene ring substituents is 1. The summed E-state index contributed by atoms with van der Waals surface area (Å²) in [5, 5.41) is 22.2. The highest BCUT2D eigenvalue weighted by Gasteiger charge is 2.31. The normalized spacial score (nSPS) is 13.3. The van der Waals surface area contributed by atoms with Crippen LogP contribution in [0.2, 0.25) is 0 Å². The van der Waals surface area contributed by atoms with Crippen molar-refractivity contribution in [3.05, 3.63) is 39.9 Å². The predicted octanol–water partition coefficient (Wildman–Crippen LogP) is 1.83. The minimum atomic E-state index is -1.06. The Morgan fingerprint density at radius 1 is 1.45 bits per heavy atom. The van der Waals surface area contributed by atoms with Gasteiger partial charge in [-0.15, -0.1) is 0 Å². The predicted molar refractivity (Wildman–Crippen MR) is 71.5 cm³/mol. The molecule has 0 saturated carbocycles. The summed E-state index contributed by atoms with van der Waals surface area (Å²) in [4.78, 5) is 33.0. The minimum Gasteiger partial charge on any atom is -0.481 e. The maximum absolute atomic E-state index is 11.9. The number of hydrogen-bond donors (Lipinski definition) is 2. The number of carbonyl (C=O) groups excluding carboxylic acids is 1. The van der Waals surface area contributed by atoms with Crippen LogP contribution >= 0.6 is 0 Å². The number of non-ortho nitro benzene ring substituents is 1. The monoisotopic (exact) mass is 280 g/mol.